The number of hydrogen-bond acceptors (Lipinski definition) is 7. The first-order chi connectivity index (χ1) is 12.1. The third-order valence-electron chi connectivity index (χ3n) is 3.73. The average Bonchev–Trinajstić information content (AvgIpc) is 3.34. The van der Waals surface area contributed by atoms with Gasteiger partial charge in [-0.15, -0.1) is 22.7 Å². The second-order valence-corrected chi connectivity index (χ2v) is 7.31. The van der Waals surface area contributed by atoms with Gasteiger partial charge in [-0.2, -0.15) is 5.10 Å². The Morgan fingerprint density at radius 2 is 2.24 bits per heavy atom. The first-order valence-electron chi connectivity index (χ1n) is 7.56. The van der Waals surface area contributed by atoms with Gasteiger partial charge in [-0.25, -0.2) is 14.8 Å². The Labute approximate surface area is 151 Å². The number of aryl methyl sites for hydroxylation is 2. The second kappa shape index (κ2) is 6.38. The van der Waals surface area contributed by atoms with Crippen LogP contribution < -0.4 is 0 Å². The molecule has 6 nitrogen and oxygen atoms in total. The number of nitrogens with zero attached hydrogens (tertiary/aromatic N) is 4. The molecule has 0 saturated carbocycles. The minimum Gasteiger partial charge on any atom is -0.456 e. The molecule has 0 aliphatic heterocycles. The van der Waals surface area contributed by atoms with Crippen LogP contribution in [0.1, 0.15) is 21.7 Å². The van der Waals surface area contributed by atoms with Gasteiger partial charge in [-0.1, -0.05) is 6.07 Å². The Morgan fingerprint density at radius 3 is 3.04 bits per heavy atom. The van der Waals surface area contributed by atoms with E-state index in [2.05, 4.69) is 15.1 Å². The van der Waals surface area contributed by atoms with Gasteiger partial charge < -0.3 is 4.74 Å². The number of carbonyl (C=O) groups is 1. The number of rotatable bonds is 4. The first-order valence-corrected chi connectivity index (χ1v) is 9.32. The van der Waals surface area contributed by atoms with Crippen LogP contribution in [0.4, 0.5) is 0 Å². The van der Waals surface area contributed by atoms with E-state index >= 15 is 0 Å². The molecule has 0 saturated heterocycles. The van der Waals surface area contributed by atoms with Crippen LogP contribution in [0.3, 0.4) is 0 Å². The Hall–Kier alpha value is -2.58. The number of esters is 1. The van der Waals surface area contributed by atoms with Crippen molar-refractivity contribution in [3.05, 3.63) is 52.1 Å². The van der Waals surface area contributed by atoms with Crippen molar-refractivity contribution in [3.63, 3.8) is 0 Å². The van der Waals surface area contributed by atoms with E-state index in [-0.39, 0.29) is 6.61 Å². The SMILES string of the molecule is Cc1nn(C)c2ncc(C(=O)OCc3csc(-c4cccs4)n3)cc12. The molecule has 8 heteroatoms. The van der Waals surface area contributed by atoms with Crippen LogP contribution in [0, 0.1) is 6.92 Å². The molecule has 4 aromatic heterocycles. The van der Waals surface area contributed by atoms with Crippen LogP contribution in [0.2, 0.25) is 0 Å². The van der Waals surface area contributed by atoms with Gasteiger partial charge in [0.2, 0.25) is 0 Å². The zero-order valence-corrected chi connectivity index (χ0v) is 15.2. The van der Waals surface area contributed by atoms with Gasteiger partial charge in [0.15, 0.2) is 5.65 Å². The summed E-state index contributed by atoms with van der Waals surface area (Å²) in [4.78, 5) is 22.2. The van der Waals surface area contributed by atoms with E-state index in [1.807, 2.05) is 36.9 Å². The number of aromatic nitrogens is 4. The molecular formula is C17H14N4O2S2. The van der Waals surface area contributed by atoms with Crippen LogP contribution in [0.5, 0.6) is 0 Å². The average molecular weight is 370 g/mol. The molecule has 4 aromatic rings. The predicted molar refractivity (Wildman–Crippen MR) is 97.8 cm³/mol. The summed E-state index contributed by atoms with van der Waals surface area (Å²) in [6, 6.07) is 5.78. The summed E-state index contributed by atoms with van der Waals surface area (Å²) in [7, 11) is 1.83. The molecule has 126 valence electrons. The summed E-state index contributed by atoms with van der Waals surface area (Å²) in [5, 5.41) is 10.0. The van der Waals surface area contributed by atoms with Gasteiger partial charge in [0.05, 0.1) is 21.8 Å². The van der Waals surface area contributed by atoms with Crippen molar-refractivity contribution in [2.24, 2.45) is 7.05 Å². The summed E-state index contributed by atoms with van der Waals surface area (Å²) < 4.78 is 7.08. The summed E-state index contributed by atoms with van der Waals surface area (Å²) in [5.41, 5.74) is 2.74. The lowest BCUT2D eigenvalue weighted by molar-refractivity contribution is 0.0468. The molecule has 0 radical (unpaired) electrons. The van der Waals surface area contributed by atoms with Crippen molar-refractivity contribution < 1.29 is 9.53 Å². The molecule has 0 N–H and O–H groups in total. The minimum atomic E-state index is -0.414. The maximum Gasteiger partial charge on any atom is 0.340 e. The standard InChI is InChI=1S/C17H14N4O2S2/c1-10-13-6-11(7-18-15(13)21(2)20-10)17(22)23-8-12-9-25-16(19-12)14-4-3-5-24-14/h3-7,9H,8H2,1-2H3. The van der Waals surface area contributed by atoms with Crippen LogP contribution in [0.25, 0.3) is 20.9 Å². The fourth-order valence-electron chi connectivity index (χ4n) is 2.53. The number of fused-ring (bicyclic) bond motifs is 1. The lowest BCUT2D eigenvalue weighted by Gasteiger charge is -2.03. The van der Waals surface area contributed by atoms with Crippen molar-refractivity contribution in [2.75, 3.05) is 0 Å². The fourth-order valence-corrected chi connectivity index (χ4v) is 4.15. The summed E-state index contributed by atoms with van der Waals surface area (Å²) in [5.74, 6) is -0.414. The van der Waals surface area contributed by atoms with E-state index in [1.54, 1.807) is 33.4 Å². The Balaban J connectivity index is 1.48. The highest BCUT2D eigenvalue weighted by atomic mass is 32.1. The molecule has 0 aliphatic carbocycles. The van der Waals surface area contributed by atoms with Gasteiger partial charge in [0.1, 0.15) is 11.6 Å². The Kier molecular flexibility index (Phi) is 4.06. The van der Waals surface area contributed by atoms with Gasteiger partial charge in [-0.3, -0.25) is 4.68 Å². The molecule has 0 spiro atoms. The minimum absolute atomic E-state index is 0.144. The molecule has 4 rings (SSSR count). The van der Waals surface area contributed by atoms with E-state index in [0.717, 1.165) is 32.3 Å². The maximum atomic E-state index is 12.3. The Bertz CT molecular complexity index is 1050. The number of hydrogen-bond donors (Lipinski definition) is 0. The van der Waals surface area contributed by atoms with Crippen molar-refractivity contribution in [2.45, 2.75) is 13.5 Å². The molecule has 25 heavy (non-hydrogen) atoms. The highest BCUT2D eigenvalue weighted by Gasteiger charge is 2.14. The Morgan fingerprint density at radius 1 is 1.36 bits per heavy atom. The van der Waals surface area contributed by atoms with Gasteiger partial charge >= 0.3 is 5.97 Å². The molecule has 0 bridgehead atoms. The normalized spacial score (nSPS) is 11.1. The molecule has 0 aromatic carbocycles. The monoisotopic (exact) mass is 370 g/mol. The zero-order valence-electron chi connectivity index (χ0n) is 13.6. The second-order valence-electron chi connectivity index (χ2n) is 5.50. The quantitative estimate of drug-likeness (QED) is 0.511. The van der Waals surface area contributed by atoms with E-state index < -0.39 is 5.97 Å². The van der Waals surface area contributed by atoms with Crippen molar-refractivity contribution in [1.29, 1.82) is 0 Å². The molecule has 0 amide bonds. The number of thiazole rings is 1. The third kappa shape index (κ3) is 3.06. The van der Waals surface area contributed by atoms with Crippen LogP contribution >= 0.6 is 22.7 Å². The number of ether oxygens (including phenoxy) is 1. The first kappa shape index (κ1) is 15.9. The molecule has 0 unspecified atom stereocenters. The number of pyridine rings is 1. The van der Waals surface area contributed by atoms with Crippen LogP contribution in [-0.2, 0) is 18.4 Å². The van der Waals surface area contributed by atoms with E-state index in [0.29, 0.717) is 5.56 Å². The van der Waals surface area contributed by atoms with Crippen LogP contribution in [-0.4, -0.2) is 25.7 Å². The summed E-state index contributed by atoms with van der Waals surface area (Å²) in [6.45, 7) is 2.03. The van der Waals surface area contributed by atoms with Gasteiger partial charge in [0, 0.05) is 24.0 Å². The largest absolute Gasteiger partial charge is 0.456 e. The summed E-state index contributed by atoms with van der Waals surface area (Å²) >= 11 is 3.18. The van der Waals surface area contributed by atoms with Crippen molar-refractivity contribution in [1.82, 2.24) is 19.7 Å². The smallest absolute Gasteiger partial charge is 0.340 e. The molecule has 0 aliphatic rings. The number of carbonyl (C=O) groups excluding carboxylic acids is 1. The highest BCUT2D eigenvalue weighted by Crippen LogP contribution is 2.28. The van der Waals surface area contributed by atoms with Gasteiger partial charge in [-0.05, 0) is 24.4 Å². The maximum absolute atomic E-state index is 12.3. The van der Waals surface area contributed by atoms with Crippen molar-refractivity contribution in [3.8, 4) is 9.88 Å². The molecule has 0 fully saturated rings. The van der Waals surface area contributed by atoms with E-state index in [4.69, 9.17) is 4.74 Å². The number of thiophene rings is 1. The molecule has 0 atom stereocenters. The van der Waals surface area contributed by atoms with Crippen LogP contribution in [0.15, 0.2) is 35.2 Å². The lowest BCUT2D eigenvalue weighted by Crippen LogP contribution is -2.06. The van der Waals surface area contributed by atoms with E-state index in [9.17, 15) is 4.79 Å². The third-order valence-corrected chi connectivity index (χ3v) is 5.66. The summed E-state index contributed by atoms with van der Waals surface area (Å²) in [6.07, 6.45) is 1.52. The molecular weight excluding hydrogens is 356 g/mol. The lowest BCUT2D eigenvalue weighted by atomic mass is 10.2. The topological polar surface area (TPSA) is 69.9 Å². The predicted octanol–water partition coefficient (Wildman–Crippen LogP) is 3.82. The zero-order chi connectivity index (χ0) is 17.4. The molecule has 4 heterocycles. The fraction of sp³-hybridized carbons (Fsp3) is 0.176. The van der Waals surface area contributed by atoms with Crippen molar-refractivity contribution >= 4 is 39.7 Å². The van der Waals surface area contributed by atoms with Gasteiger partial charge in [0.25, 0.3) is 0 Å². The highest BCUT2D eigenvalue weighted by molar-refractivity contribution is 7.20. The van der Waals surface area contributed by atoms with E-state index in [1.165, 1.54) is 6.20 Å².